The molecule has 2 aliphatic heterocycles. The van der Waals surface area contributed by atoms with Crippen LogP contribution in [0, 0.1) is 0 Å². The van der Waals surface area contributed by atoms with Crippen molar-refractivity contribution in [2.45, 2.75) is 50.4 Å². The van der Waals surface area contributed by atoms with Gasteiger partial charge in [-0.05, 0) is 18.1 Å². The minimum atomic E-state index is -4.25. The normalized spacial score (nSPS) is 24.4. The molecule has 2 fully saturated rings. The molecule has 154 valence electrons. The molecular formula is C21H27F3N2O2. The summed E-state index contributed by atoms with van der Waals surface area (Å²) in [6, 6.07) is 7.55. The Hall–Kier alpha value is -1.86. The Labute approximate surface area is 163 Å². The maximum Gasteiger partial charge on any atom is 0.390 e. The molecule has 28 heavy (non-hydrogen) atoms. The van der Waals surface area contributed by atoms with Crippen LogP contribution in [0.2, 0.25) is 0 Å². The average molecular weight is 396 g/mol. The van der Waals surface area contributed by atoms with E-state index in [4.69, 9.17) is 0 Å². The summed E-state index contributed by atoms with van der Waals surface area (Å²) in [6.45, 7) is 4.18. The lowest BCUT2D eigenvalue weighted by Gasteiger charge is -2.71. The molecule has 1 aromatic rings. The first-order valence-electron chi connectivity index (χ1n) is 9.70. The van der Waals surface area contributed by atoms with E-state index >= 15 is 0 Å². The van der Waals surface area contributed by atoms with Gasteiger partial charge in [0.25, 0.3) is 0 Å². The third kappa shape index (κ3) is 3.70. The highest BCUT2D eigenvalue weighted by molar-refractivity contribution is 5.77. The lowest BCUT2D eigenvalue weighted by atomic mass is 9.60. The monoisotopic (exact) mass is 396 g/mol. The molecule has 7 heteroatoms. The highest BCUT2D eigenvalue weighted by Gasteiger charge is 2.66. The number of carbonyl (C=O) groups is 1. The number of nitrogens with zero attached hydrogens (tertiary/aromatic N) is 2. The lowest BCUT2D eigenvalue weighted by molar-refractivity contribution is -0.209. The number of carbonyl (C=O) groups excluding carboxylic acids is 1. The van der Waals surface area contributed by atoms with Crippen molar-refractivity contribution in [1.29, 1.82) is 0 Å². The van der Waals surface area contributed by atoms with E-state index in [1.807, 2.05) is 43.3 Å². The van der Waals surface area contributed by atoms with Crippen LogP contribution in [0.5, 0.6) is 0 Å². The van der Waals surface area contributed by atoms with Gasteiger partial charge in [0.15, 0.2) is 0 Å². The Morgan fingerprint density at radius 2 is 1.93 bits per heavy atom. The first-order chi connectivity index (χ1) is 13.3. The summed E-state index contributed by atoms with van der Waals surface area (Å²) in [7, 11) is 0. The standard InChI is InChI=1S/C21H27F3N2O2/c1-3-5-15-6-8-16(9-7-15)19-17(12-27)26(11-10-21(22,23)24)20(19)13-25(14-20)18(28)4-2/h3,5-9,17,19,27H,4,10-14H2,1-2H3/b5-3+/t17-,19+/m0/s1. The molecule has 4 nitrogen and oxygen atoms in total. The van der Waals surface area contributed by atoms with Crippen molar-refractivity contribution < 1.29 is 23.1 Å². The molecule has 1 spiro atoms. The minimum Gasteiger partial charge on any atom is -0.395 e. The van der Waals surface area contributed by atoms with Crippen LogP contribution in [0.3, 0.4) is 0 Å². The second kappa shape index (κ2) is 7.87. The van der Waals surface area contributed by atoms with E-state index in [0.717, 1.165) is 11.1 Å². The molecule has 2 atom stereocenters. The fourth-order valence-corrected chi connectivity index (χ4v) is 4.74. The highest BCUT2D eigenvalue weighted by atomic mass is 19.4. The molecule has 1 amide bonds. The van der Waals surface area contributed by atoms with Crippen molar-refractivity contribution in [3.8, 4) is 0 Å². The Kier molecular flexibility index (Phi) is 5.87. The molecule has 0 aromatic heterocycles. The van der Waals surface area contributed by atoms with Gasteiger partial charge in [-0.1, -0.05) is 43.3 Å². The van der Waals surface area contributed by atoms with Crippen molar-refractivity contribution in [3.05, 3.63) is 41.5 Å². The van der Waals surface area contributed by atoms with E-state index in [1.54, 1.807) is 16.7 Å². The Balaban J connectivity index is 1.85. The van der Waals surface area contributed by atoms with Gasteiger partial charge >= 0.3 is 6.18 Å². The zero-order valence-electron chi connectivity index (χ0n) is 16.2. The first-order valence-corrected chi connectivity index (χ1v) is 9.70. The van der Waals surface area contributed by atoms with Gasteiger partial charge in [-0.25, -0.2) is 0 Å². The number of amides is 1. The van der Waals surface area contributed by atoms with Crippen LogP contribution in [-0.2, 0) is 4.79 Å². The predicted octanol–water partition coefficient (Wildman–Crippen LogP) is 3.42. The fraction of sp³-hybridized carbons (Fsp3) is 0.571. The SMILES string of the molecule is C/C=C/c1ccc([C@@H]2[C@H](CO)N(CCC(F)(F)F)C23CN(C(=O)CC)C3)cc1. The summed E-state index contributed by atoms with van der Waals surface area (Å²) in [5, 5.41) is 9.91. The maximum atomic E-state index is 12.8. The Morgan fingerprint density at radius 3 is 2.43 bits per heavy atom. The van der Waals surface area contributed by atoms with Gasteiger partial charge in [-0.2, -0.15) is 13.2 Å². The third-order valence-corrected chi connectivity index (χ3v) is 6.00. The number of aliphatic hydroxyl groups excluding tert-OH is 1. The summed E-state index contributed by atoms with van der Waals surface area (Å²) in [5.41, 5.74) is 1.52. The third-order valence-electron chi connectivity index (χ3n) is 6.00. The van der Waals surface area contributed by atoms with Crippen molar-refractivity contribution in [2.24, 2.45) is 0 Å². The van der Waals surface area contributed by atoms with Gasteiger partial charge in [0.05, 0.1) is 18.6 Å². The second-order valence-electron chi connectivity index (χ2n) is 7.66. The van der Waals surface area contributed by atoms with Gasteiger partial charge < -0.3 is 10.0 Å². The van der Waals surface area contributed by atoms with E-state index < -0.39 is 18.1 Å². The molecule has 1 N–H and O–H groups in total. The second-order valence-corrected chi connectivity index (χ2v) is 7.66. The predicted molar refractivity (Wildman–Crippen MR) is 102 cm³/mol. The smallest absolute Gasteiger partial charge is 0.390 e. The number of alkyl halides is 3. The molecule has 0 radical (unpaired) electrons. The van der Waals surface area contributed by atoms with Crippen LogP contribution in [0.15, 0.2) is 30.3 Å². The molecular weight excluding hydrogens is 369 g/mol. The Morgan fingerprint density at radius 1 is 1.29 bits per heavy atom. The van der Waals surface area contributed by atoms with Gasteiger partial charge in [-0.15, -0.1) is 0 Å². The van der Waals surface area contributed by atoms with Gasteiger partial charge in [0.1, 0.15) is 0 Å². The van der Waals surface area contributed by atoms with Crippen LogP contribution in [-0.4, -0.2) is 64.8 Å². The number of likely N-dealkylation sites (tertiary alicyclic amines) is 2. The van der Waals surface area contributed by atoms with Crippen LogP contribution in [0.1, 0.15) is 43.7 Å². The number of allylic oxidation sites excluding steroid dienone is 1. The van der Waals surface area contributed by atoms with Crippen LogP contribution in [0.25, 0.3) is 6.08 Å². The summed E-state index contributed by atoms with van der Waals surface area (Å²) in [5.74, 6) is -0.0812. The topological polar surface area (TPSA) is 43.8 Å². The molecule has 0 bridgehead atoms. The largest absolute Gasteiger partial charge is 0.395 e. The summed E-state index contributed by atoms with van der Waals surface area (Å²) in [6.07, 6.45) is -0.867. The Bertz CT molecular complexity index is 724. The number of halogens is 3. The van der Waals surface area contributed by atoms with E-state index in [1.165, 1.54) is 0 Å². The van der Waals surface area contributed by atoms with E-state index in [2.05, 4.69) is 0 Å². The molecule has 3 rings (SSSR count). The van der Waals surface area contributed by atoms with Crippen LogP contribution in [0.4, 0.5) is 13.2 Å². The summed E-state index contributed by atoms with van der Waals surface area (Å²) >= 11 is 0. The highest BCUT2D eigenvalue weighted by Crippen LogP contribution is 2.54. The quantitative estimate of drug-likeness (QED) is 0.801. The molecule has 2 saturated heterocycles. The molecule has 2 aliphatic rings. The number of benzene rings is 1. The molecule has 2 heterocycles. The van der Waals surface area contributed by atoms with Crippen LogP contribution < -0.4 is 0 Å². The first kappa shape index (κ1) is 20.9. The molecule has 0 aliphatic carbocycles. The average Bonchev–Trinajstić information content (AvgIpc) is 2.60. The zero-order chi connectivity index (χ0) is 20.5. The maximum absolute atomic E-state index is 12.8. The van der Waals surface area contributed by atoms with Crippen molar-refractivity contribution >= 4 is 12.0 Å². The molecule has 1 aromatic carbocycles. The zero-order valence-corrected chi connectivity index (χ0v) is 16.2. The van der Waals surface area contributed by atoms with Gasteiger partial charge in [0, 0.05) is 38.0 Å². The summed E-state index contributed by atoms with van der Waals surface area (Å²) in [4.78, 5) is 15.5. The van der Waals surface area contributed by atoms with Crippen molar-refractivity contribution in [3.63, 3.8) is 0 Å². The van der Waals surface area contributed by atoms with Gasteiger partial charge in [-0.3, -0.25) is 9.69 Å². The van der Waals surface area contributed by atoms with Crippen molar-refractivity contribution in [2.75, 3.05) is 26.2 Å². The summed E-state index contributed by atoms with van der Waals surface area (Å²) < 4.78 is 38.5. The van der Waals surface area contributed by atoms with Crippen molar-refractivity contribution in [1.82, 2.24) is 9.80 Å². The molecule has 0 unspecified atom stereocenters. The van der Waals surface area contributed by atoms with Gasteiger partial charge in [0.2, 0.25) is 5.91 Å². The minimum absolute atomic E-state index is 0.0102. The van der Waals surface area contributed by atoms with E-state index in [-0.39, 0.29) is 31.0 Å². The fourth-order valence-electron chi connectivity index (χ4n) is 4.74. The number of hydrogen-bond acceptors (Lipinski definition) is 3. The van der Waals surface area contributed by atoms with E-state index in [0.29, 0.717) is 19.5 Å². The lowest BCUT2D eigenvalue weighted by Crippen LogP contribution is -2.85. The number of rotatable bonds is 6. The molecule has 0 saturated carbocycles. The van der Waals surface area contributed by atoms with Crippen LogP contribution >= 0.6 is 0 Å². The van der Waals surface area contributed by atoms with E-state index in [9.17, 15) is 23.1 Å². The number of hydrogen-bond donors (Lipinski definition) is 1. The number of aliphatic hydroxyl groups is 1.